The first-order chi connectivity index (χ1) is 9.37. The minimum atomic E-state index is -0.495. The highest BCUT2D eigenvalue weighted by Gasteiger charge is 2.26. The summed E-state index contributed by atoms with van der Waals surface area (Å²) in [7, 11) is 0. The quantitative estimate of drug-likeness (QED) is 0.792. The zero-order chi connectivity index (χ0) is 14.8. The number of amides is 1. The van der Waals surface area contributed by atoms with E-state index in [1.807, 2.05) is 25.7 Å². The van der Waals surface area contributed by atoms with Gasteiger partial charge in [0.05, 0.1) is 11.9 Å². The van der Waals surface area contributed by atoms with E-state index in [1.165, 1.54) is 6.20 Å². The lowest BCUT2D eigenvalue weighted by molar-refractivity contribution is 0.0240. The summed E-state index contributed by atoms with van der Waals surface area (Å²) in [6.07, 6.45) is 2.46. The topological polar surface area (TPSA) is 45.7 Å². The second kappa shape index (κ2) is 5.64. The Labute approximate surface area is 118 Å². The fourth-order valence-corrected chi connectivity index (χ4v) is 2.08. The van der Waals surface area contributed by atoms with Crippen LogP contribution in [0.1, 0.15) is 20.8 Å². The van der Waals surface area contributed by atoms with Crippen LogP contribution in [0.3, 0.4) is 0 Å². The number of ether oxygens (including phenoxy) is 1. The number of aromatic nitrogens is 1. The zero-order valence-electron chi connectivity index (χ0n) is 12.1. The molecule has 0 aromatic carbocycles. The number of pyridine rings is 1. The van der Waals surface area contributed by atoms with Crippen molar-refractivity contribution >= 4 is 11.8 Å². The maximum Gasteiger partial charge on any atom is 0.410 e. The molecule has 1 fully saturated rings. The van der Waals surface area contributed by atoms with Gasteiger partial charge in [0.15, 0.2) is 5.82 Å². The Hall–Kier alpha value is -1.85. The Balaban J connectivity index is 1.93. The molecule has 0 bridgehead atoms. The number of carbonyl (C=O) groups excluding carboxylic acids is 1. The third-order valence-corrected chi connectivity index (χ3v) is 3.02. The molecule has 0 N–H and O–H groups in total. The number of hydrogen-bond acceptors (Lipinski definition) is 4. The van der Waals surface area contributed by atoms with Gasteiger partial charge < -0.3 is 14.5 Å². The molecule has 6 heteroatoms. The Morgan fingerprint density at radius 2 is 1.95 bits per heavy atom. The fourth-order valence-electron chi connectivity index (χ4n) is 2.08. The molecule has 20 heavy (non-hydrogen) atoms. The van der Waals surface area contributed by atoms with Gasteiger partial charge in [0.2, 0.25) is 0 Å². The van der Waals surface area contributed by atoms with Crippen molar-refractivity contribution in [2.24, 2.45) is 0 Å². The van der Waals surface area contributed by atoms with Gasteiger partial charge in [-0.05, 0) is 26.8 Å². The molecule has 0 radical (unpaired) electrons. The van der Waals surface area contributed by atoms with E-state index in [4.69, 9.17) is 4.74 Å². The summed E-state index contributed by atoms with van der Waals surface area (Å²) in [5.41, 5.74) is 0.0367. The van der Waals surface area contributed by atoms with Gasteiger partial charge in [-0.2, -0.15) is 0 Å². The number of piperazine rings is 1. The fraction of sp³-hybridized carbons (Fsp3) is 0.571. The van der Waals surface area contributed by atoms with Crippen molar-refractivity contribution in [2.75, 3.05) is 31.1 Å². The lowest BCUT2D eigenvalue weighted by Gasteiger charge is -2.36. The number of hydrogen-bond donors (Lipinski definition) is 0. The molecular weight excluding hydrogens is 261 g/mol. The largest absolute Gasteiger partial charge is 0.444 e. The zero-order valence-corrected chi connectivity index (χ0v) is 12.1. The van der Waals surface area contributed by atoms with Gasteiger partial charge in [0.1, 0.15) is 5.60 Å². The number of anilines is 1. The standard InChI is InChI=1S/C14H20FN3O2/c1-14(2,3)20-13(19)18-8-6-17(7-9-18)12-4-5-16-10-11(12)15/h4-5,10H,6-9H2,1-3H3. The molecule has 1 saturated heterocycles. The van der Waals surface area contributed by atoms with Crippen molar-refractivity contribution in [3.63, 3.8) is 0 Å². The first-order valence-electron chi connectivity index (χ1n) is 6.69. The molecular formula is C14H20FN3O2. The molecule has 1 aromatic heterocycles. The normalized spacial score (nSPS) is 16.2. The monoisotopic (exact) mass is 281 g/mol. The predicted molar refractivity (Wildman–Crippen MR) is 74.2 cm³/mol. The van der Waals surface area contributed by atoms with Crippen molar-refractivity contribution in [3.05, 3.63) is 24.3 Å². The van der Waals surface area contributed by atoms with Crippen LogP contribution in [0.5, 0.6) is 0 Å². The van der Waals surface area contributed by atoms with Gasteiger partial charge in [-0.25, -0.2) is 9.18 Å². The highest BCUT2D eigenvalue weighted by molar-refractivity contribution is 5.68. The van der Waals surface area contributed by atoms with Gasteiger partial charge in [-0.3, -0.25) is 4.98 Å². The van der Waals surface area contributed by atoms with Crippen LogP contribution in [0, 0.1) is 5.82 Å². The average molecular weight is 281 g/mol. The molecule has 2 heterocycles. The van der Waals surface area contributed by atoms with E-state index in [2.05, 4.69) is 4.98 Å². The summed E-state index contributed by atoms with van der Waals surface area (Å²) >= 11 is 0. The molecule has 5 nitrogen and oxygen atoms in total. The highest BCUT2D eigenvalue weighted by Crippen LogP contribution is 2.20. The van der Waals surface area contributed by atoms with E-state index in [-0.39, 0.29) is 11.9 Å². The van der Waals surface area contributed by atoms with Crippen LogP contribution in [0.15, 0.2) is 18.5 Å². The van der Waals surface area contributed by atoms with Crippen LogP contribution in [-0.2, 0) is 4.74 Å². The molecule has 1 aliphatic heterocycles. The van der Waals surface area contributed by atoms with Gasteiger partial charge in [-0.15, -0.1) is 0 Å². The van der Waals surface area contributed by atoms with Crippen LogP contribution >= 0.6 is 0 Å². The van der Waals surface area contributed by atoms with Crippen molar-refractivity contribution in [1.29, 1.82) is 0 Å². The maximum atomic E-state index is 13.6. The third kappa shape index (κ3) is 3.59. The highest BCUT2D eigenvalue weighted by atomic mass is 19.1. The molecule has 1 aromatic rings. The van der Waals surface area contributed by atoms with Crippen LogP contribution in [0.4, 0.5) is 14.9 Å². The van der Waals surface area contributed by atoms with Gasteiger partial charge in [-0.1, -0.05) is 0 Å². The summed E-state index contributed by atoms with van der Waals surface area (Å²) < 4.78 is 19.0. The molecule has 1 amide bonds. The molecule has 0 spiro atoms. The Bertz CT molecular complexity index is 480. The first-order valence-corrected chi connectivity index (χ1v) is 6.69. The minimum absolute atomic E-state index is 0.313. The summed E-state index contributed by atoms with van der Waals surface area (Å²) in [6.45, 7) is 7.74. The number of nitrogens with zero attached hydrogens (tertiary/aromatic N) is 3. The van der Waals surface area contributed by atoms with Gasteiger partial charge in [0.25, 0.3) is 0 Å². The van der Waals surface area contributed by atoms with Crippen molar-refractivity contribution in [1.82, 2.24) is 9.88 Å². The average Bonchev–Trinajstić information content (AvgIpc) is 2.37. The van der Waals surface area contributed by atoms with Crippen LogP contribution in [-0.4, -0.2) is 47.8 Å². The molecule has 0 saturated carbocycles. The van der Waals surface area contributed by atoms with Crippen molar-refractivity contribution in [2.45, 2.75) is 26.4 Å². The maximum absolute atomic E-state index is 13.6. The van der Waals surface area contributed by atoms with Crippen molar-refractivity contribution < 1.29 is 13.9 Å². The van der Waals surface area contributed by atoms with Gasteiger partial charge in [0, 0.05) is 32.4 Å². The summed E-state index contributed by atoms with van der Waals surface area (Å²) in [4.78, 5) is 19.2. The molecule has 2 rings (SSSR count). The number of carbonyl (C=O) groups is 1. The van der Waals surface area contributed by atoms with Crippen LogP contribution < -0.4 is 4.90 Å². The van der Waals surface area contributed by atoms with E-state index in [0.29, 0.717) is 31.9 Å². The Morgan fingerprint density at radius 3 is 2.50 bits per heavy atom. The lowest BCUT2D eigenvalue weighted by atomic mass is 10.2. The van der Waals surface area contributed by atoms with E-state index in [1.54, 1.807) is 17.2 Å². The smallest absolute Gasteiger partial charge is 0.410 e. The second-order valence-electron chi connectivity index (χ2n) is 5.78. The lowest BCUT2D eigenvalue weighted by Crippen LogP contribution is -2.50. The Morgan fingerprint density at radius 1 is 1.30 bits per heavy atom. The van der Waals surface area contributed by atoms with Crippen molar-refractivity contribution in [3.8, 4) is 0 Å². The molecule has 0 unspecified atom stereocenters. The summed E-state index contributed by atoms with van der Waals surface area (Å²) in [5.74, 6) is -0.335. The molecule has 110 valence electrons. The van der Waals surface area contributed by atoms with Gasteiger partial charge >= 0.3 is 6.09 Å². The molecule has 0 aliphatic carbocycles. The van der Waals surface area contributed by atoms with E-state index < -0.39 is 5.60 Å². The molecule has 0 atom stereocenters. The third-order valence-electron chi connectivity index (χ3n) is 3.02. The minimum Gasteiger partial charge on any atom is -0.444 e. The van der Waals surface area contributed by atoms with Crippen LogP contribution in [0.2, 0.25) is 0 Å². The van der Waals surface area contributed by atoms with E-state index in [0.717, 1.165) is 0 Å². The summed E-state index contributed by atoms with van der Waals surface area (Å²) in [6, 6.07) is 1.65. The second-order valence-corrected chi connectivity index (χ2v) is 5.78. The molecule has 1 aliphatic rings. The number of rotatable bonds is 1. The van der Waals surface area contributed by atoms with E-state index >= 15 is 0 Å². The number of halogens is 1. The Kier molecular flexibility index (Phi) is 4.11. The van der Waals surface area contributed by atoms with Crippen LogP contribution in [0.25, 0.3) is 0 Å². The SMILES string of the molecule is CC(C)(C)OC(=O)N1CCN(c2ccncc2F)CC1. The first kappa shape index (κ1) is 14.6. The predicted octanol–water partition coefficient (Wildman–Crippen LogP) is 2.28. The summed E-state index contributed by atoms with van der Waals surface area (Å²) in [5, 5.41) is 0. The van der Waals surface area contributed by atoms with E-state index in [9.17, 15) is 9.18 Å².